The van der Waals surface area contributed by atoms with Crippen molar-refractivity contribution in [1.82, 2.24) is 0 Å². The second-order valence-corrected chi connectivity index (χ2v) is 6.89. The van der Waals surface area contributed by atoms with Crippen LogP contribution < -0.4 is 10.1 Å². The van der Waals surface area contributed by atoms with Crippen molar-refractivity contribution in [1.29, 1.82) is 5.26 Å². The first-order valence-electron chi connectivity index (χ1n) is 8.33. The molecular weight excluding hydrogens is 424 g/mol. The van der Waals surface area contributed by atoms with Gasteiger partial charge >= 0.3 is 5.97 Å². The van der Waals surface area contributed by atoms with Gasteiger partial charge in [-0.15, -0.1) is 0 Å². The third-order valence-electron chi connectivity index (χ3n) is 3.97. The summed E-state index contributed by atoms with van der Waals surface area (Å²) in [5.41, 5.74) is 3.12. The zero-order valence-electron chi connectivity index (χ0n) is 15.7. The monoisotopic (exact) mass is 442 g/mol. The van der Waals surface area contributed by atoms with E-state index in [0.717, 1.165) is 15.6 Å². The Labute approximate surface area is 171 Å². The minimum absolute atomic E-state index is 0.0979. The van der Waals surface area contributed by atoms with Crippen molar-refractivity contribution in [3.63, 3.8) is 0 Å². The fraction of sp³-hybridized carbons (Fsp3) is 0.190. The average Bonchev–Trinajstić information content (AvgIpc) is 2.67. The first-order valence-corrected chi connectivity index (χ1v) is 9.13. The first-order chi connectivity index (χ1) is 13.3. The van der Waals surface area contributed by atoms with Crippen LogP contribution in [0.2, 0.25) is 0 Å². The second-order valence-electron chi connectivity index (χ2n) is 5.97. The molecular formula is C21H19BrN2O4. The first kappa shape index (κ1) is 21.2. The van der Waals surface area contributed by atoms with Crippen molar-refractivity contribution in [2.24, 2.45) is 0 Å². The fourth-order valence-electron chi connectivity index (χ4n) is 2.28. The molecule has 0 heterocycles. The number of nitrogens with one attached hydrogen (secondary N) is 1. The summed E-state index contributed by atoms with van der Waals surface area (Å²) in [6.45, 7) is 3.64. The summed E-state index contributed by atoms with van der Waals surface area (Å²) in [6, 6.07) is 12.5. The van der Waals surface area contributed by atoms with Crippen molar-refractivity contribution < 1.29 is 19.1 Å². The zero-order chi connectivity index (χ0) is 20.7. The number of ether oxygens (including phenoxy) is 2. The van der Waals surface area contributed by atoms with E-state index in [-0.39, 0.29) is 12.2 Å². The molecule has 2 rings (SSSR count). The van der Waals surface area contributed by atoms with Gasteiger partial charge in [0.1, 0.15) is 17.4 Å². The van der Waals surface area contributed by atoms with Crippen LogP contribution in [0, 0.1) is 25.2 Å². The number of hydrogen-bond acceptors (Lipinski definition) is 5. The number of nitriles is 1. The Bertz CT molecular complexity index is 977. The van der Waals surface area contributed by atoms with Crippen LogP contribution >= 0.6 is 15.9 Å². The Morgan fingerprint density at radius 3 is 2.57 bits per heavy atom. The fourth-order valence-corrected chi connectivity index (χ4v) is 2.66. The predicted octanol–water partition coefficient (Wildman–Crippen LogP) is 4.16. The van der Waals surface area contributed by atoms with Gasteiger partial charge in [-0.25, -0.2) is 4.79 Å². The Balaban J connectivity index is 2.28. The van der Waals surface area contributed by atoms with Gasteiger partial charge < -0.3 is 14.8 Å². The summed E-state index contributed by atoms with van der Waals surface area (Å²) in [5, 5.41) is 12.2. The number of esters is 1. The summed E-state index contributed by atoms with van der Waals surface area (Å²) >= 11 is 3.35. The molecule has 0 unspecified atom stereocenters. The highest BCUT2D eigenvalue weighted by molar-refractivity contribution is 9.10. The number of nitrogens with zero attached hydrogens (tertiary/aromatic N) is 1. The van der Waals surface area contributed by atoms with E-state index in [1.165, 1.54) is 13.2 Å². The van der Waals surface area contributed by atoms with E-state index >= 15 is 0 Å². The van der Waals surface area contributed by atoms with E-state index in [1.807, 2.05) is 32.0 Å². The number of hydrogen-bond donors (Lipinski definition) is 1. The highest BCUT2D eigenvalue weighted by Crippen LogP contribution is 2.26. The van der Waals surface area contributed by atoms with Gasteiger partial charge in [-0.1, -0.05) is 22.0 Å². The number of rotatable bonds is 6. The maximum Gasteiger partial charge on any atom is 0.343 e. The van der Waals surface area contributed by atoms with Gasteiger partial charge in [-0.2, -0.15) is 5.26 Å². The van der Waals surface area contributed by atoms with Crippen molar-refractivity contribution in [2.45, 2.75) is 13.8 Å². The maximum absolute atomic E-state index is 12.5. The molecule has 1 N–H and O–H groups in total. The molecule has 144 valence electrons. The number of anilines is 1. The predicted molar refractivity (Wildman–Crippen MR) is 110 cm³/mol. The molecule has 0 aliphatic rings. The Morgan fingerprint density at radius 2 is 1.93 bits per heavy atom. The minimum atomic E-state index is -0.537. The number of aryl methyl sites for hydroxylation is 2. The molecule has 2 aromatic rings. The van der Waals surface area contributed by atoms with E-state index in [4.69, 9.17) is 4.74 Å². The van der Waals surface area contributed by atoms with Gasteiger partial charge in [0.2, 0.25) is 0 Å². The lowest BCUT2D eigenvalue weighted by Gasteiger charge is -2.10. The Hall–Kier alpha value is -3.11. The summed E-state index contributed by atoms with van der Waals surface area (Å²) in [7, 11) is 1.26. The topological polar surface area (TPSA) is 88.4 Å². The standard InChI is InChI=1S/C21H19BrN2O4/c1-13-4-6-18(8-14(13)2)24-21(26)16(11-23)9-15-10-17(22)5-7-19(15)28-12-20(25)27-3/h4-10H,12H2,1-3H3,(H,24,26)/b16-9+. The molecule has 0 saturated carbocycles. The van der Waals surface area contributed by atoms with Crippen LogP contribution in [-0.2, 0) is 14.3 Å². The summed E-state index contributed by atoms with van der Waals surface area (Å²) < 4.78 is 10.7. The van der Waals surface area contributed by atoms with Gasteiger partial charge in [0, 0.05) is 15.7 Å². The highest BCUT2D eigenvalue weighted by Gasteiger charge is 2.13. The third-order valence-corrected chi connectivity index (χ3v) is 4.47. The lowest BCUT2D eigenvalue weighted by molar-refractivity contribution is -0.142. The number of benzene rings is 2. The zero-order valence-corrected chi connectivity index (χ0v) is 17.3. The molecule has 0 spiro atoms. The minimum Gasteiger partial charge on any atom is -0.481 e. The summed E-state index contributed by atoms with van der Waals surface area (Å²) in [5.74, 6) is -0.726. The van der Waals surface area contributed by atoms with Crippen LogP contribution in [0.3, 0.4) is 0 Å². The molecule has 0 atom stereocenters. The average molecular weight is 443 g/mol. The second kappa shape index (κ2) is 9.72. The van der Waals surface area contributed by atoms with Crippen LogP contribution in [-0.4, -0.2) is 25.6 Å². The van der Waals surface area contributed by atoms with Crippen molar-refractivity contribution in [3.05, 3.63) is 63.1 Å². The third kappa shape index (κ3) is 5.69. The largest absolute Gasteiger partial charge is 0.481 e. The molecule has 0 aromatic heterocycles. The van der Waals surface area contributed by atoms with Gasteiger partial charge in [-0.05, 0) is 61.4 Å². The van der Waals surface area contributed by atoms with Crippen LogP contribution in [0.25, 0.3) is 6.08 Å². The van der Waals surface area contributed by atoms with E-state index in [0.29, 0.717) is 17.0 Å². The van der Waals surface area contributed by atoms with Gasteiger partial charge in [0.05, 0.1) is 7.11 Å². The van der Waals surface area contributed by atoms with Crippen LogP contribution in [0.5, 0.6) is 5.75 Å². The SMILES string of the molecule is COC(=O)COc1ccc(Br)cc1/C=C(\C#N)C(=O)Nc1ccc(C)c(C)c1. The van der Waals surface area contributed by atoms with E-state index in [9.17, 15) is 14.9 Å². The van der Waals surface area contributed by atoms with Gasteiger partial charge in [0.25, 0.3) is 5.91 Å². The van der Waals surface area contributed by atoms with Gasteiger partial charge in [-0.3, -0.25) is 4.79 Å². The van der Waals surface area contributed by atoms with Crippen molar-refractivity contribution in [2.75, 3.05) is 19.0 Å². The lowest BCUT2D eigenvalue weighted by atomic mass is 10.1. The number of amides is 1. The molecule has 28 heavy (non-hydrogen) atoms. The van der Waals surface area contributed by atoms with Crippen LogP contribution in [0.4, 0.5) is 5.69 Å². The van der Waals surface area contributed by atoms with E-state index in [1.54, 1.807) is 24.3 Å². The van der Waals surface area contributed by atoms with Gasteiger partial charge in [0.15, 0.2) is 6.61 Å². The molecule has 0 saturated heterocycles. The molecule has 0 radical (unpaired) electrons. The Morgan fingerprint density at radius 1 is 1.18 bits per heavy atom. The lowest BCUT2D eigenvalue weighted by Crippen LogP contribution is -2.14. The Kier molecular flexibility index (Phi) is 7.36. The molecule has 2 aromatic carbocycles. The van der Waals surface area contributed by atoms with E-state index in [2.05, 4.69) is 26.0 Å². The summed E-state index contributed by atoms with van der Waals surface area (Å²) in [4.78, 5) is 23.8. The van der Waals surface area contributed by atoms with Crippen molar-refractivity contribution >= 4 is 39.6 Å². The van der Waals surface area contributed by atoms with Crippen LogP contribution in [0.1, 0.15) is 16.7 Å². The van der Waals surface area contributed by atoms with E-state index < -0.39 is 11.9 Å². The number of carbonyl (C=O) groups excluding carboxylic acids is 2. The maximum atomic E-state index is 12.5. The molecule has 1 amide bonds. The smallest absolute Gasteiger partial charge is 0.343 e. The quantitative estimate of drug-likeness (QED) is 0.412. The molecule has 0 aliphatic carbocycles. The number of halogens is 1. The highest BCUT2D eigenvalue weighted by atomic mass is 79.9. The molecule has 0 aliphatic heterocycles. The summed E-state index contributed by atoms with van der Waals surface area (Å²) in [6.07, 6.45) is 1.41. The molecule has 7 heteroatoms. The van der Waals surface area contributed by atoms with Crippen molar-refractivity contribution in [3.8, 4) is 11.8 Å². The molecule has 0 bridgehead atoms. The molecule has 6 nitrogen and oxygen atoms in total. The number of carbonyl (C=O) groups is 2. The number of methoxy groups -OCH3 is 1. The normalized spacial score (nSPS) is 10.8. The van der Waals surface area contributed by atoms with Crippen LogP contribution in [0.15, 0.2) is 46.4 Å². The molecule has 0 fully saturated rings.